The third-order valence-electron chi connectivity index (χ3n) is 4.34. The number of nitrogens with one attached hydrogen (secondary N) is 1. The lowest BCUT2D eigenvalue weighted by atomic mass is 9.71. The van der Waals surface area contributed by atoms with Crippen LogP contribution < -0.4 is 5.32 Å². The smallest absolute Gasteiger partial charge is 0.318 e. The molecule has 0 bridgehead atoms. The van der Waals surface area contributed by atoms with Crippen LogP contribution in [-0.2, 0) is 5.54 Å². The van der Waals surface area contributed by atoms with Crippen molar-refractivity contribution in [2.45, 2.75) is 37.6 Å². The van der Waals surface area contributed by atoms with E-state index in [2.05, 4.69) is 5.32 Å². The predicted molar refractivity (Wildman–Crippen MR) is 71.3 cm³/mol. The first-order valence-electron chi connectivity index (χ1n) is 7.03. The van der Waals surface area contributed by atoms with Crippen LogP contribution in [0.5, 0.6) is 0 Å². The number of carbonyl (C=O) groups excluding carboxylic acids is 1. The van der Waals surface area contributed by atoms with E-state index in [0.717, 1.165) is 45.2 Å². The second kappa shape index (κ2) is 4.83. The molecule has 0 unspecified atom stereocenters. The predicted octanol–water partition coefficient (Wildman–Crippen LogP) is 3.01. The van der Waals surface area contributed by atoms with Gasteiger partial charge in [-0.1, -0.05) is 18.2 Å². The molecule has 1 aliphatic carbocycles. The summed E-state index contributed by atoms with van der Waals surface area (Å²) in [7, 11) is 0. The Bertz CT molecular complexity index is 479. The summed E-state index contributed by atoms with van der Waals surface area (Å²) in [5.74, 6) is -0.219. The number of amides is 2. The molecule has 3 nitrogen and oxygen atoms in total. The SMILES string of the molecule is O=C(NC1(c2ccccc2F)CCC1)N1CCCC1. The molecule has 19 heavy (non-hydrogen) atoms. The average molecular weight is 262 g/mol. The number of halogens is 1. The number of rotatable bonds is 2. The average Bonchev–Trinajstić information content (AvgIpc) is 2.88. The van der Waals surface area contributed by atoms with Gasteiger partial charge in [0.05, 0.1) is 5.54 Å². The van der Waals surface area contributed by atoms with E-state index in [-0.39, 0.29) is 11.8 Å². The van der Waals surface area contributed by atoms with Crippen molar-refractivity contribution in [2.75, 3.05) is 13.1 Å². The third kappa shape index (κ3) is 2.20. The Morgan fingerprint density at radius 3 is 2.42 bits per heavy atom. The summed E-state index contributed by atoms with van der Waals surface area (Å²) < 4.78 is 14.0. The van der Waals surface area contributed by atoms with Crippen LogP contribution in [0.2, 0.25) is 0 Å². The zero-order valence-corrected chi connectivity index (χ0v) is 11.0. The summed E-state index contributed by atoms with van der Waals surface area (Å²) in [6.07, 6.45) is 4.83. The van der Waals surface area contributed by atoms with Gasteiger partial charge in [-0.2, -0.15) is 0 Å². The van der Waals surface area contributed by atoms with Crippen LogP contribution in [0.4, 0.5) is 9.18 Å². The van der Waals surface area contributed by atoms with Gasteiger partial charge in [-0.05, 0) is 38.2 Å². The summed E-state index contributed by atoms with van der Waals surface area (Å²) >= 11 is 0. The summed E-state index contributed by atoms with van der Waals surface area (Å²) in [4.78, 5) is 14.1. The Hall–Kier alpha value is -1.58. The monoisotopic (exact) mass is 262 g/mol. The Balaban J connectivity index is 1.80. The summed E-state index contributed by atoms with van der Waals surface area (Å²) in [6.45, 7) is 1.64. The first-order valence-corrected chi connectivity index (χ1v) is 7.03. The van der Waals surface area contributed by atoms with Crippen molar-refractivity contribution < 1.29 is 9.18 Å². The highest BCUT2D eigenvalue weighted by Gasteiger charge is 2.42. The Morgan fingerprint density at radius 1 is 1.16 bits per heavy atom. The lowest BCUT2D eigenvalue weighted by molar-refractivity contribution is 0.153. The number of urea groups is 1. The van der Waals surface area contributed by atoms with E-state index in [1.165, 1.54) is 6.07 Å². The number of hydrogen-bond acceptors (Lipinski definition) is 1. The van der Waals surface area contributed by atoms with Crippen LogP contribution in [-0.4, -0.2) is 24.0 Å². The van der Waals surface area contributed by atoms with Gasteiger partial charge in [0.1, 0.15) is 5.82 Å². The lowest BCUT2D eigenvalue weighted by Gasteiger charge is -2.43. The van der Waals surface area contributed by atoms with Gasteiger partial charge in [-0.25, -0.2) is 9.18 Å². The summed E-state index contributed by atoms with van der Waals surface area (Å²) in [6, 6.07) is 6.74. The molecule has 0 radical (unpaired) electrons. The van der Waals surface area contributed by atoms with Gasteiger partial charge in [0.25, 0.3) is 0 Å². The van der Waals surface area contributed by atoms with Crippen molar-refractivity contribution in [3.63, 3.8) is 0 Å². The molecule has 2 aliphatic rings. The van der Waals surface area contributed by atoms with E-state index in [1.807, 2.05) is 11.0 Å². The molecule has 4 heteroatoms. The maximum Gasteiger partial charge on any atom is 0.318 e. The van der Waals surface area contributed by atoms with E-state index in [1.54, 1.807) is 12.1 Å². The first-order chi connectivity index (χ1) is 9.21. The fourth-order valence-corrected chi connectivity index (χ4v) is 3.05. The van der Waals surface area contributed by atoms with E-state index in [4.69, 9.17) is 0 Å². The van der Waals surface area contributed by atoms with Crippen molar-refractivity contribution in [1.29, 1.82) is 0 Å². The highest BCUT2D eigenvalue weighted by molar-refractivity contribution is 5.75. The van der Waals surface area contributed by atoms with Crippen molar-refractivity contribution in [2.24, 2.45) is 0 Å². The molecular weight excluding hydrogens is 243 g/mol. The van der Waals surface area contributed by atoms with E-state index < -0.39 is 5.54 Å². The quantitative estimate of drug-likeness (QED) is 0.873. The van der Waals surface area contributed by atoms with Crippen molar-refractivity contribution >= 4 is 6.03 Å². The number of likely N-dealkylation sites (tertiary alicyclic amines) is 1. The molecule has 2 amide bonds. The van der Waals surface area contributed by atoms with E-state index in [9.17, 15) is 9.18 Å². The standard InChI is InChI=1S/C15H19FN2O/c16-13-7-2-1-6-12(13)15(8-5-9-15)17-14(19)18-10-3-4-11-18/h1-2,6-7H,3-5,8-11H2,(H,17,19). The van der Waals surface area contributed by atoms with Gasteiger partial charge in [-0.3, -0.25) is 0 Å². The Morgan fingerprint density at radius 2 is 1.84 bits per heavy atom. The maximum absolute atomic E-state index is 14.0. The topological polar surface area (TPSA) is 32.3 Å². The molecule has 1 heterocycles. The molecule has 0 spiro atoms. The summed E-state index contributed by atoms with van der Waals surface area (Å²) in [5, 5.41) is 3.08. The van der Waals surface area contributed by atoms with Crippen LogP contribution in [0.1, 0.15) is 37.7 Å². The van der Waals surface area contributed by atoms with Crippen LogP contribution in [0.3, 0.4) is 0 Å². The molecule has 1 N–H and O–H groups in total. The fraction of sp³-hybridized carbons (Fsp3) is 0.533. The first kappa shape index (κ1) is 12.5. The van der Waals surface area contributed by atoms with Crippen LogP contribution in [0.15, 0.2) is 24.3 Å². The normalized spacial score (nSPS) is 21.0. The molecular formula is C15H19FN2O. The molecule has 0 atom stereocenters. The van der Waals surface area contributed by atoms with Gasteiger partial charge in [0.2, 0.25) is 0 Å². The van der Waals surface area contributed by atoms with Gasteiger partial charge < -0.3 is 10.2 Å². The Kier molecular flexibility index (Phi) is 3.17. The van der Waals surface area contributed by atoms with Gasteiger partial charge in [0, 0.05) is 18.7 Å². The minimum absolute atomic E-state index is 0.0412. The number of nitrogens with zero attached hydrogens (tertiary/aromatic N) is 1. The molecule has 102 valence electrons. The third-order valence-corrected chi connectivity index (χ3v) is 4.34. The minimum atomic E-state index is -0.481. The van der Waals surface area contributed by atoms with E-state index >= 15 is 0 Å². The molecule has 1 aliphatic heterocycles. The highest BCUT2D eigenvalue weighted by atomic mass is 19.1. The van der Waals surface area contributed by atoms with Crippen LogP contribution in [0, 0.1) is 5.82 Å². The number of benzene rings is 1. The van der Waals surface area contributed by atoms with Crippen molar-refractivity contribution in [1.82, 2.24) is 10.2 Å². The Labute approximate surface area is 112 Å². The lowest BCUT2D eigenvalue weighted by Crippen LogP contribution is -2.54. The minimum Gasteiger partial charge on any atom is -0.328 e. The number of carbonyl (C=O) groups is 1. The molecule has 1 saturated heterocycles. The van der Waals surface area contributed by atoms with Gasteiger partial charge in [-0.15, -0.1) is 0 Å². The van der Waals surface area contributed by atoms with Crippen molar-refractivity contribution in [3.8, 4) is 0 Å². The summed E-state index contributed by atoms with van der Waals surface area (Å²) in [5.41, 5.74) is 0.152. The molecule has 3 rings (SSSR count). The zero-order valence-electron chi connectivity index (χ0n) is 11.0. The highest BCUT2D eigenvalue weighted by Crippen LogP contribution is 2.42. The molecule has 1 aromatic rings. The molecule has 2 fully saturated rings. The van der Waals surface area contributed by atoms with Gasteiger partial charge in [0.15, 0.2) is 0 Å². The second-order valence-corrected chi connectivity index (χ2v) is 5.54. The van der Waals surface area contributed by atoms with Crippen LogP contribution in [0.25, 0.3) is 0 Å². The maximum atomic E-state index is 14.0. The van der Waals surface area contributed by atoms with Gasteiger partial charge >= 0.3 is 6.03 Å². The van der Waals surface area contributed by atoms with E-state index in [0.29, 0.717) is 5.56 Å². The largest absolute Gasteiger partial charge is 0.328 e. The molecule has 1 saturated carbocycles. The van der Waals surface area contributed by atoms with Crippen molar-refractivity contribution in [3.05, 3.63) is 35.6 Å². The van der Waals surface area contributed by atoms with Crippen LogP contribution >= 0.6 is 0 Å². The zero-order chi connectivity index (χ0) is 13.3. The number of hydrogen-bond donors (Lipinski definition) is 1. The fourth-order valence-electron chi connectivity index (χ4n) is 3.05. The second-order valence-electron chi connectivity index (χ2n) is 5.54. The molecule has 1 aromatic carbocycles. The molecule has 0 aromatic heterocycles.